The maximum absolute atomic E-state index is 13.0. The maximum atomic E-state index is 13.0. The summed E-state index contributed by atoms with van der Waals surface area (Å²) in [5.74, 6) is -0.135. The molecule has 0 aliphatic rings. The van der Waals surface area contributed by atoms with Gasteiger partial charge in [-0.25, -0.2) is 0 Å². The molecule has 0 atom stereocenters. The molecule has 0 amide bonds. The highest BCUT2D eigenvalue weighted by molar-refractivity contribution is 6.19. The van der Waals surface area contributed by atoms with Gasteiger partial charge in [0.25, 0.3) is 0 Å². The molecule has 24 heavy (non-hydrogen) atoms. The Morgan fingerprint density at radius 3 is 2.33 bits per heavy atom. The van der Waals surface area contributed by atoms with Crippen molar-refractivity contribution in [2.75, 3.05) is 0 Å². The zero-order valence-electron chi connectivity index (χ0n) is 13.2. The van der Waals surface area contributed by atoms with E-state index in [-0.39, 0.29) is 11.6 Å². The van der Waals surface area contributed by atoms with Crippen LogP contribution in [0.4, 0.5) is 0 Å². The van der Waals surface area contributed by atoms with Crippen LogP contribution in [0.25, 0.3) is 16.3 Å². The van der Waals surface area contributed by atoms with Gasteiger partial charge in [0.2, 0.25) is 0 Å². The molecule has 3 heteroatoms. The van der Waals surface area contributed by atoms with Crippen LogP contribution >= 0.6 is 0 Å². The minimum atomic E-state index is -0.0723. The molecule has 2 aromatic heterocycles. The van der Waals surface area contributed by atoms with Gasteiger partial charge in [0.15, 0.2) is 11.6 Å². The average molecular weight is 313 g/mol. The summed E-state index contributed by atoms with van der Waals surface area (Å²) >= 11 is 0. The number of rotatable bonds is 3. The van der Waals surface area contributed by atoms with Gasteiger partial charge in [-0.1, -0.05) is 54.6 Å². The van der Waals surface area contributed by atoms with Crippen molar-refractivity contribution in [3.05, 3.63) is 89.7 Å². The molecule has 116 valence electrons. The predicted molar refractivity (Wildman–Crippen MR) is 94.8 cm³/mol. The van der Waals surface area contributed by atoms with Crippen molar-refractivity contribution in [3.8, 4) is 0 Å². The van der Waals surface area contributed by atoms with Crippen molar-refractivity contribution in [2.24, 2.45) is 0 Å². The SMILES string of the molecule is CC(=O)c1cc(C(=O)c2ccccc2)c2c3ccccc3ccn12. The van der Waals surface area contributed by atoms with Crippen LogP contribution in [0.2, 0.25) is 0 Å². The second-order valence-electron chi connectivity index (χ2n) is 5.82. The van der Waals surface area contributed by atoms with E-state index in [2.05, 4.69) is 0 Å². The lowest BCUT2D eigenvalue weighted by Gasteiger charge is -2.06. The highest BCUT2D eigenvalue weighted by atomic mass is 16.1. The number of pyridine rings is 1. The standard InChI is InChI=1S/C21H15NO2/c1-14(23)19-13-18(21(24)16-8-3-2-4-9-16)20-17-10-6-5-7-15(17)11-12-22(19)20/h2-13H,1H3. The summed E-state index contributed by atoms with van der Waals surface area (Å²) in [6.07, 6.45) is 1.86. The van der Waals surface area contributed by atoms with E-state index in [9.17, 15) is 9.59 Å². The fourth-order valence-electron chi connectivity index (χ4n) is 3.16. The Morgan fingerprint density at radius 2 is 1.58 bits per heavy atom. The number of Topliss-reactive ketones (excluding diaryl/α,β-unsaturated/α-hetero) is 1. The lowest BCUT2D eigenvalue weighted by Crippen LogP contribution is -2.00. The summed E-state index contributed by atoms with van der Waals surface area (Å²) in [5, 5.41) is 2.01. The van der Waals surface area contributed by atoms with Crippen molar-refractivity contribution in [1.82, 2.24) is 4.40 Å². The van der Waals surface area contributed by atoms with Gasteiger partial charge in [-0.3, -0.25) is 9.59 Å². The second-order valence-corrected chi connectivity index (χ2v) is 5.82. The molecular weight excluding hydrogens is 298 g/mol. The van der Waals surface area contributed by atoms with Crippen LogP contribution in [-0.4, -0.2) is 16.0 Å². The third-order valence-corrected chi connectivity index (χ3v) is 4.30. The van der Waals surface area contributed by atoms with Crippen LogP contribution in [-0.2, 0) is 0 Å². The molecule has 0 saturated heterocycles. The molecule has 4 rings (SSSR count). The number of hydrogen-bond donors (Lipinski definition) is 0. The molecule has 0 bridgehead atoms. The van der Waals surface area contributed by atoms with Crippen LogP contribution in [0.1, 0.15) is 33.3 Å². The summed E-state index contributed by atoms with van der Waals surface area (Å²) in [6.45, 7) is 1.52. The van der Waals surface area contributed by atoms with E-state index in [4.69, 9.17) is 0 Å². The van der Waals surface area contributed by atoms with Crippen molar-refractivity contribution >= 4 is 27.9 Å². The summed E-state index contributed by atoms with van der Waals surface area (Å²) < 4.78 is 1.82. The van der Waals surface area contributed by atoms with Gasteiger partial charge in [-0.2, -0.15) is 0 Å². The molecule has 2 aromatic carbocycles. The lowest BCUT2D eigenvalue weighted by molar-refractivity contribution is 0.101. The van der Waals surface area contributed by atoms with E-state index in [1.807, 2.05) is 59.1 Å². The maximum Gasteiger partial charge on any atom is 0.195 e. The fourth-order valence-corrected chi connectivity index (χ4v) is 3.16. The first-order valence-electron chi connectivity index (χ1n) is 7.80. The van der Waals surface area contributed by atoms with Gasteiger partial charge in [-0.05, 0) is 17.5 Å². The molecular formula is C21H15NO2. The predicted octanol–water partition coefficient (Wildman–Crippen LogP) is 4.53. The first-order chi connectivity index (χ1) is 11.7. The van der Waals surface area contributed by atoms with Crippen LogP contribution in [0, 0.1) is 0 Å². The monoisotopic (exact) mass is 313 g/mol. The minimum absolute atomic E-state index is 0.0626. The van der Waals surface area contributed by atoms with Crippen LogP contribution in [0.5, 0.6) is 0 Å². The number of carbonyl (C=O) groups is 2. The number of hydrogen-bond acceptors (Lipinski definition) is 2. The number of aromatic nitrogens is 1. The van der Waals surface area contributed by atoms with E-state index >= 15 is 0 Å². The van der Waals surface area contributed by atoms with Gasteiger partial charge in [-0.15, -0.1) is 0 Å². The highest BCUT2D eigenvalue weighted by Gasteiger charge is 2.20. The molecule has 4 aromatic rings. The Hall–Kier alpha value is -3.20. The second kappa shape index (κ2) is 5.46. The number of ketones is 2. The summed E-state index contributed by atoms with van der Waals surface area (Å²) in [7, 11) is 0. The summed E-state index contributed by atoms with van der Waals surface area (Å²) in [5.41, 5.74) is 2.48. The molecule has 3 nitrogen and oxygen atoms in total. The van der Waals surface area contributed by atoms with Gasteiger partial charge in [0, 0.05) is 29.6 Å². The highest BCUT2D eigenvalue weighted by Crippen LogP contribution is 2.28. The minimum Gasteiger partial charge on any atom is -0.313 e. The van der Waals surface area contributed by atoms with E-state index in [1.165, 1.54) is 6.92 Å². The largest absolute Gasteiger partial charge is 0.313 e. The molecule has 0 aliphatic carbocycles. The third kappa shape index (κ3) is 2.14. The lowest BCUT2D eigenvalue weighted by atomic mass is 10.0. The van der Waals surface area contributed by atoms with Gasteiger partial charge in [0.1, 0.15) is 0 Å². The molecule has 0 N–H and O–H groups in total. The Morgan fingerprint density at radius 1 is 0.875 bits per heavy atom. The van der Waals surface area contributed by atoms with Crippen LogP contribution in [0.15, 0.2) is 72.9 Å². The van der Waals surface area contributed by atoms with Crippen molar-refractivity contribution in [3.63, 3.8) is 0 Å². The zero-order chi connectivity index (χ0) is 16.7. The Balaban J connectivity index is 2.09. The van der Waals surface area contributed by atoms with Gasteiger partial charge >= 0.3 is 0 Å². The van der Waals surface area contributed by atoms with E-state index in [0.29, 0.717) is 16.8 Å². The van der Waals surface area contributed by atoms with E-state index < -0.39 is 0 Å². The molecule has 0 saturated carbocycles. The molecule has 0 fully saturated rings. The fraction of sp³-hybridized carbons (Fsp3) is 0.0476. The molecule has 0 unspecified atom stereocenters. The smallest absolute Gasteiger partial charge is 0.195 e. The summed E-state index contributed by atoms with van der Waals surface area (Å²) in [6, 6.07) is 20.7. The number of nitrogens with zero attached hydrogens (tertiary/aromatic N) is 1. The Kier molecular flexibility index (Phi) is 3.28. The van der Waals surface area contributed by atoms with Crippen LogP contribution < -0.4 is 0 Å². The normalized spacial score (nSPS) is 11.0. The molecule has 0 radical (unpaired) electrons. The number of fused-ring (bicyclic) bond motifs is 3. The van der Waals surface area contributed by atoms with Crippen molar-refractivity contribution in [2.45, 2.75) is 6.92 Å². The van der Waals surface area contributed by atoms with E-state index in [0.717, 1.165) is 16.3 Å². The molecule has 0 aliphatic heterocycles. The van der Waals surface area contributed by atoms with Gasteiger partial charge < -0.3 is 4.40 Å². The topological polar surface area (TPSA) is 38.5 Å². The van der Waals surface area contributed by atoms with Crippen LogP contribution in [0.3, 0.4) is 0 Å². The Bertz CT molecular complexity index is 1090. The molecule has 0 spiro atoms. The first kappa shape index (κ1) is 14.4. The third-order valence-electron chi connectivity index (χ3n) is 4.30. The van der Waals surface area contributed by atoms with Gasteiger partial charge in [0.05, 0.1) is 11.2 Å². The Labute approximate surface area is 139 Å². The molecule has 2 heterocycles. The zero-order valence-corrected chi connectivity index (χ0v) is 13.2. The van der Waals surface area contributed by atoms with Crippen molar-refractivity contribution in [1.29, 1.82) is 0 Å². The number of benzene rings is 2. The summed E-state index contributed by atoms with van der Waals surface area (Å²) in [4.78, 5) is 25.1. The quantitative estimate of drug-likeness (QED) is 0.521. The average Bonchev–Trinajstić information content (AvgIpc) is 3.02. The number of carbonyl (C=O) groups excluding carboxylic acids is 2. The van der Waals surface area contributed by atoms with Crippen molar-refractivity contribution < 1.29 is 9.59 Å². The first-order valence-corrected chi connectivity index (χ1v) is 7.80. The van der Waals surface area contributed by atoms with E-state index in [1.54, 1.807) is 18.2 Å².